The van der Waals surface area contributed by atoms with Gasteiger partial charge in [-0.25, -0.2) is 0 Å². The molecule has 0 fully saturated rings. The average Bonchev–Trinajstić information content (AvgIpc) is 2.38. The summed E-state index contributed by atoms with van der Waals surface area (Å²) in [4.78, 5) is 11.3. The number of carboxylic acids is 1. The summed E-state index contributed by atoms with van der Waals surface area (Å²) < 4.78 is 0. The fraction of sp³-hybridized carbons (Fsp3) is 0.357. The van der Waals surface area contributed by atoms with Gasteiger partial charge >= 0.3 is 5.97 Å². The van der Waals surface area contributed by atoms with Crippen LogP contribution in [0.1, 0.15) is 30.9 Å². The van der Waals surface area contributed by atoms with E-state index < -0.39 is 12.0 Å². The van der Waals surface area contributed by atoms with Crippen LogP contribution in [0.3, 0.4) is 0 Å². The quantitative estimate of drug-likeness (QED) is 0.783. The zero-order valence-corrected chi connectivity index (χ0v) is 9.67. The molecule has 0 aliphatic heterocycles. The highest BCUT2D eigenvalue weighted by atomic mass is 16.4. The van der Waals surface area contributed by atoms with Gasteiger partial charge in [0.25, 0.3) is 0 Å². The number of nitrogens with one attached hydrogen (secondary N) is 1. The van der Waals surface area contributed by atoms with Crippen molar-refractivity contribution in [1.82, 2.24) is 5.32 Å². The summed E-state index contributed by atoms with van der Waals surface area (Å²) in [5.74, 6) is -0.814. The lowest BCUT2D eigenvalue weighted by atomic mass is 9.99. The zero-order chi connectivity index (χ0) is 12.1. The third-order valence-electron chi connectivity index (χ3n) is 3.05. The van der Waals surface area contributed by atoms with Crippen LogP contribution in [0.4, 0.5) is 0 Å². The molecule has 0 heterocycles. The van der Waals surface area contributed by atoms with Crippen molar-refractivity contribution in [3.05, 3.63) is 48.0 Å². The third kappa shape index (κ3) is 3.17. The second kappa shape index (κ2) is 5.64. The summed E-state index contributed by atoms with van der Waals surface area (Å²) in [5, 5.41) is 12.5. The first-order valence-corrected chi connectivity index (χ1v) is 5.96. The van der Waals surface area contributed by atoms with E-state index in [9.17, 15) is 9.90 Å². The van der Waals surface area contributed by atoms with Crippen molar-refractivity contribution >= 4 is 5.97 Å². The third-order valence-corrected chi connectivity index (χ3v) is 3.05. The lowest BCUT2D eigenvalue weighted by Gasteiger charge is -2.24. The van der Waals surface area contributed by atoms with E-state index in [1.807, 2.05) is 30.3 Å². The SMILES string of the molecule is O=C(O)C(NC1CC=CCC1)c1ccccc1. The normalized spacial score (nSPS) is 21.1. The summed E-state index contributed by atoms with van der Waals surface area (Å²) in [6.07, 6.45) is 7.21. The maximum atomic E-state index is 11.3. The monoisotopic (exact) mass is 231 g/mol. The number of hydrogen-bond donors (Lipinski definition) is 2. The minimum Gasteiger partial charge on any atom is -0.480 e. The molecule has 17 heavy (non-hydrogen) atoms. The maximum absolute atomic E-state index is 11.3. The van der Waals surface area contributed by atoms with Crippen molar-refractivity contribution in [2.45, 2.75) is 31.3 Å². The molecule has 2 unspecified atom stereocenters. The number of benzene rings is 1. The molecule has 0 bridgehead atoms. The second-order valence-corrected chi connectivity index (χ2v) is 4.33. The van der Waals surface area contributed by atoms with E-state index in [2.05, 4.69) is 17.5 Å². The molecule has 3 heteroatoms. The summed E-state index contributed by atoms with van der Waals surface area (Å²) in [6, 6.07) is 9.00. The van der Waals surface area contributed by atoms with E-state index in [1.54, 1.807) is 0 Å². The predicted molar refractivity (Wildman–Crippen MR) is 66.7 cm³/mol. The summed E-state index contributed by atoms with van der Waals surface area (Å²) in [5.41, 5.74) is 0.814. The van der Waals surface area contributed by atoms with E-state index in [0.717, 1.165) is 24.8 Å². The average molecular weight is 231 g/mol. The molecule has 0 aromatic heterocycles. The fourth-order valence-corrected chi connectivity index (χ4v) is 2.14. The van der Waals surface area contributed by atoms with Crippen LogP contribution in [-0.4, -0.2) is 17.1 Å². The van der Waals surface area contributed by atoms with Crippen LogP contribution in [-0.2, 0) is 4.79 Å². The highest BCUT2D eigenvalue weighted by molar-refractivity contribution is 5.75. The van der Waals surface area contributed by atoms with Gasteiger partial charge in [0.15, 0.2) is 0 Å². The Balaban J connectivity index is 2.08. The van der Waals surface area contributed by atoms with Crippen molar-refractivity contribution in [2.24, 2.45) is 0 Å². The molecule has 1 aliphatic rings. The number of allylic oxidation sites excluding steroid dienone is 1. The van der Waals surface area contributed by atoms with Gasteiger partial charge in [0.2, 0.25) is 0 Å². The Hall–Kier alpha value is -1.61. The van der Waals surface area contributed by atoms with Gasteiger partial charge in [-0.2, -0.15) is 0 Å². The van der Waals surface area contributed by atoms with Gasteiger partial charge in [-0.05, 0) is 24.8 Å². The van der Waals surface area contributed by atoms with Crippen LogP contribution in [0.5, 0.6) is 0 Å². The molecule has 0 spiro atoms. The minimum absolute atomic E-state index is 0.265. The largest absolute Gasteiger partial charge is 0.480 e. The highest BCUT2D eigenvalue weighted by Crippen LogP contribution is 2.18. The molecule has 0 saturated heterocycles. The van der Waals surface area contributed by atoms with E-state index in [0.29, 0.717) is 0 Å². The molecule has 1 aromatic rings. The van der Waals surface area contributed by atoms with Crippen LogP contribution in [0.25, 0.3) is 0 Å². The van der Waals surface area contributed by atoms with Gasteiger partial charge in [-0.15, -0.1) is 0 Å². The fourth-order valence-electron chi connectivity index (χ4n) is 2.14. The molecule has 0 amide bonds. The minimum atomic E-state index is -0.814. The first-order valence-electron chi connectivity index (χ1n) is 5.96. The van der Waals surface area contributed by atoms with E-state index in [-0.39, 0.29) is 6.04 Å². The second-order valence-electron chi connectivity index (χ2n) is 4.33. The Labute approximate surface area is 101 Å². The van der Waals surface area contributed by atoms with Crippen LogP contribution >= 0.6 is 0 Å². The van der Waals surface area contributed by atoms with E-state index in [1.165, 1.54) is 0 Å². The van der Waals surface area contributed by atoms with Crippen molar-refractivity contribution in [3.8, 4) is 0 Å². The van der Waals surface area contributed by atoms with Gasteiger partial charge in [0.05, 0.1) is 0 Å². The highest BCUT2D eigenvalue weighted by Gasteiger charge is 2.22. The van der Waals surface area contributed by atoms with Gasteiger partial charge < -0.3 is 5.11 Å². The van der Waals surface area contributed by atoms with Crippen molar-refractivity contribution in [1.29, 1.82) is 0 Å². The summed E-state index contributed by atoms with van der Waals surface area (Å²) >= 11 is 0. The van der Waals surface area contributed by atoms with Crippen LogP contribution in [0, 0.1) is 0 Å². The molecule has 2 rings (SSSR count). The van der Waals surface area contributed by atoms with Gasteiger partial charge in [-0.1, -0.05) is 42.5 Å². The molecule has 2 atom stereocenters. The number of carbonyl (C=O) groups is 1. The van der Waals surface area contributed by atoms with Crippen molar-refractivity contribution in [3.63, 3.8) is 0 Å². The molecular formula is C14H17NO2. The molecule has 1 aliphatic carbocycles. The van der Waals surface area contributed by atoms with Crippen molar-refractivity contribution < 1.29 is 9.90 Å². The molecule has 0 radical (unpaired) electrons. The standard InChI is InChI=1S/C14H17NO2/c16-14(17)13(11-7-3-1-4-8-11)15-12-9-5-2-6-10-12/h1-5,7-8,12-13,15H,6,9-10H2,(H,16,17). The lowest BCUT2D eigenvalue weighted by molar-refractivity contribution is -0.139. The van der Waals surface area contributed by atoms with Crippen LogP contribution in [0.2, 0.25) is 0 Å². The Morgan fingerprint density at radius 1 is 1.29 bits per heavy atom. The number of hydrogen-bond acceptors (Lipinski definition) is 2. The van der Waals surface area contributed by atoms with Crippen LogP contribution in [0.15, 0.2) is 42.5 Å². The van der Waals surface area contributed by atoms with Crippen LogP contribution < -0.4 is 5.32 Å². The number of aliphatic carboxylic acids is 1. The predicted octanol–water partition coefficient (Wildman–Crippen LogP) is 2.51. The molecule has 3 nitrogen and oxygen atoms in total. The topological polar surface area (TPSA) is 49.3 Å². The van der Waals surface area contributed by atoms with Gasteiger partial charge in [0, 0.05) is 6.04 Å². The maximum Gasteiger partial charge on any atom is 0.325 e. The van der Waals surface area contributed by atoms with Gasteiger partial charge in [-0.3, -0.25) is 10.1 Å². The zero-order valence-electron chi connectivity index (χ0n) is 9.67. The summed E-state index contributed by atoms with van der Waals surface area (Å²) in [7, 11) is 0. The molecular weight excluding hydrogens is 214 g/mol. The number of carboxylic acid groups (broad SMARTS) is 1. The van der Waals surface area contributed by atoms with Gasteiger partial charge in [0.1, 0.15) is 6.04 Å². The first-order chi connectivity index (χ1) is 8.27. The summed E-state index contributed by atoms with van der Waals surface area (Å²) in [6.45, 7) is 0. The molecule has 90 valence electrons. The van der Waals surface area contributed by atoms with Crippen molar-refractivity contribution in [2.75, 3.05) is 0 Å². The lowest BCUT2D eigenvalue weighted by Crippen LogP contribution is -2.37. The van der Waals surface area contributed by atoms with E-state index in [4.69, 9.17) is 0 Å². The molecule has 2 N–H and O–H groups in total. The Kier molecular flexibility index (Phi) is 3.94. The molecule has 0 saturated carbocycles. The Morgan fingerprint density at radius 2 is 2.06 bits per heavy atom. The Morgan fingerprint density at radius 3 is 2.65 bits per heavy atom. The first kappa shape index (κ1) is 11.9. The van der Waals surface area contributed by atoms with E-state index >= 15 is 0 Å². The number of rotatable bonds is 4. The smallest absolute Gasteiger partial charge is 0.325 e. The Bertz CT molecular complexity index is 400. The molecule has 1 aromatic carbocycles.